The minimum atomic E-state index is -3.01. The van der Waals surface area contributed by atoms with Gasteiger partial charge in [0.15, 0.2) is 0 Å². The summed E-state index contributed by atoms with van der Waals surface area (Å²) in [5.41, 5.74) is 1.21. The molecule has 0 aliphatic carbocycles. The predicted octanol–water partition coefficient (Wildman–Crippen LogP) is 1.84. The molecule has 0 radical (unpaired) electrons. The van der Waals surface area contributed by atoms with Gasteiger partial charge < -0.3 is 10.4 Å². The summed E-state index contributed by atoms with van der Waals surface area (Å²) in [5, 5.41) is 11.0. The number of alkyl halides is 2. The van der Waals surface area contributed by atoms with E-state index >= 15 is 0 Å². The molecule has 0 aliphatic rings. The highest BCUT2D eigenvalue weighted by Gasteiger charge is 2.26. The van der Waals surface area contributed by atoms with Crippen molar-refractivity contribution in [3.05, 3.63) is 35.9 Å². The van der Waals surface area contributed by atoms with E-state index in [1.165, 1.54) is 5.56 Å². The first kappa shape index (κ1) is 13.1. The lowest BCUT2D eigenvalue weighted by molar-refractivity contribution is -0.0474. The molecule has 0 aliphatic heterocycles. The maximum absolute atomic E-state index is 12.6. The first-order valence-corrected chi connectivity index (χ1v) is 5.37. The normalized spacial score (nSPS) is 11.7. The third kappa shape index (κ3) is 5.19. The van der Waals surface area contributed by atoms with Crippen LogP contribution in [0.15, 0.2) is 30.3 Å². The minimum Gasteiger partial charge on any atom is -0.390 e. The highest BCUT2D eigenvalue weighted by Crippen LogP contribution is 2.09. The van der Waals surface area contributed by atoms with Gasteiger partial charge in [-0.15, -0.1) is 0 Å². The van der Waals surface area contributed by atoms with Gasteiger partial charge in [-0.1, -0.05) is 30.3 Å². The lowest BCUT2D eigenvalue weighted by atomic mass is 10.1. The standard InChI is InChI=1S/C12H17F2NO/c13-12(14,10-16)9-15-8-4-7-11-5-2-1-3-6-11/h1-3,5-6,15-16H,4,7-10H2. The number of nitrogens with one attached hydrogen (secondary N) is 1. The smallest absolute Gasteiger partial charge is 0.282 e. The number of aliphatic hydroxyl groups is 1. The molecule has 0 aromatic heterocycles. The Balaban J connectivity index is 2.09. The third-order valence-electron chi connectivity index (χ3n) is 2.28. The molecule has 0 fully saturated rings. The average Bonchev–Trinajstić information content (AvgIpc) is 2.30. The van der Waals surface area contributed by atoms with Crippen molar-refractivity contribution in [1.82, 2.24) is 5.32 Å². The SMILES string of the molecule is OCC(F)(F)CNCCCc1ccccc1. The Bertz CT molecular complexity index is 290. The topological polar surface area (TPSA) is 32.3 Å². The van der Waals surface area contributed by atoms with Crippen LogP contribution in [-0.2, 0) is 6.42 Å². The van der Waals surface area contributed by atoms with Crippen LogP contribution in [0.3, 0.4) is 0 Å². The molecule has 0 unspecified atom stereocenters. The molecule has 1 aromatic rings. The van der Waals surface area contributed by atoms with E-state index in [0.717, 1.165) is 12.8 Å². The van der Waals surface area contributed by atoms with E-state index in [9.17, 15) is 8.78 Å². The van der Waals surface area contributed by atoms with Crippen molar-refractivity contribution >= 4 is 0 Å². The van der Waals surface area contributed by atoms with E-state index < -0.39 is 19.1 Å². The molecule has 0 saturated heterocycles. The fraction of sp³-hybridized carbons (Fsp3) is 0.500. The first-order chi connectivity index (χ1) is 7.64. The Morgan fingerprint density at radius 3 is 2.50 bits per heavy atom. The maximum atomic E-state index is 12.6. The Labute approximate surface area is 94.3 Å². The van der Waals surface area contributed by atoms with Crippen LogP contribution in [0.1, 0.15) is 12.0 Å². The van der Waals surface area contributed by atoms with Crippen LogP contribution in [0.4, 0.5) is 8.78 Å². The molecule has 0 saturated carbocycles. The second kappa shape index (κ2) is 6.55. The number of halogens is 2. The average molecular weight is 229 g/mol. The van der Waals surface area contributed by atoms with Gasteiger partial charge in [-0.3, -0.25) is 0 Å². The van der Waals surface area contributed by atoms with Crippen LogP contribution in [0, 0.1) is 0 Å². The van der Waals surface area contributed by atoms with Crippen LogP contribution < -0.4 is 5.32 Å². The van der Waals surface area contributed by atoms with E-state index in [4.69, 9.17) is 5.11 Å². The Hall–Kier alpha value is -1.00. The molecular weight excluding hydrogens is 212 g/mol. The Kier molecular flexibility index (Phi) is 5.35. The van der Waals surface area contributed by atoms with Crippen LogP contribution >= 0.6 is 0 Å². The van der Waals surface area contributed by atoms with Crippen molar-refractivity contribution in [2.24, 2.45) is 0 Å². The van der Waals surface area contributed by atoms with E-state index in [1.54, 1.807) is 0 Å². The van der Waals surface area contributed by atoms with Crippen LogP contribution in [0.5, 0.6) is 0 Å². The van der Waals surface area contributed by atoms with Crippen molar-refractivity contribution < 1.29 is 13.9 Å². The number of benzene rings is 1. The number of aliphatic hydroxyl groups excluding tert-OH is 1. The minimum absolute atomic E-state index is 0.460. The Morgan fingerprint density at radius 1 is 1.19 bits per heavy atom. The van der Waals surface area contributed by atoms with E-state index in [1.807, 2.05) is 30.3 Å². The summed E-state index contributed by atoms with van der Waals surface area (Å²) in [6.45, 7) is -1.03. The summed E-state index contributed by atoms with van der Waals surface area (Å²) in [5.74, 6) is -3.01. The molecule has 2 nitrogen and oxygen atoms in total. The second-order valence-corrected chi connectivity index (χ2v) is 3.78. The van der Waals surface area contributed by atoms with Crippen LogP contribution in [0.25, 0.3) is 0 Å². The van der Waals surface area contributed by atoms with Gasteiger partial charge in [-0.2, -0.15) is 0 Å². The van der Waals surface area contributed by atoms with Crippen LogP contribution in [0.2, 0.25) is 0 Å². The molecule has 0 heterocycles. The molecule has 0 atom stereocenters. The van der Waals surface area contributed by atoms with Gasteiger partial charge in [0.1, 0.15) is 6.61 Å². The van der Waals surface area contributed by atoms with Gasteiger partial charge >= 0.3 is 0 Å². The zero-order valence-corrected chi connectivity index (χ0v) is 9.13. The van der Waals surface area contributed by atoms with E-state index in [-0.39, 0.29) is 0 Å². The zero-order chi connectivity index (χ0) is 11.9. The molecular formula is C12H17F2NO. The largest absolute Gasteiger partial charge is 0.390 e. The lowest BCUT2D eigenvalue weighted by Crippen LogP contribution is -2.36. The van der Waals surface area contributed by atoms with Gasteiger partial charge in [0.2, 0.25) is 0 Å². The number of hydrogen-bond donors (Lipinski definition) is 2. The predicted molar refractivity (Wildman–Crippen MR) is 59.7 cm³/mol. The highest BCUT2D eigenvalue weighted by atomic mass is 19.3. The number of rotatable bonds is 7. The summed E-state index contributed by atoms with van der Waals surface area (Å²) in [6.07, 6.45) is 1.68. The molecule has 0 spiro atoms. The lowest BCUT2D eigenvalue weighted by Gasteiger charge is -2.13. The van der Waals surface area contributed by atoms with Gasteiger partial charge in [0.25, 0.3) is 5.92 Å². The Morgan fingerprint density at radius 2 is 1.88 bits per heavy atom. The van der Waals surface area contributed by atoms with E-state index in [0.29, 0.717) is 6.54 Å². The second-order valence-electron chi connectivity index (χ2n) is 3.78. The van der Waals surface area contributed by atoms with Gasteiger partial charge in [0, 0.05) is 0 Å². The number of aryl methyl sites for hydroxylation is 1. The van der Waals surface area contributed by atoms with Gasteiger partial charge in [0.05, 0.1) is 6.54 Å². The molecule has 2 N–H and O–H groups in total. The number of hydrogen-bond acceptors (Lipinski definition) is 2. The molecule has 1 rings (SSSR count). The van der Waals surface area contributed by atoms with Crippen molar-refractivity contribution in [3.8, 4) is 0 Å². The monoisotopic (exact) mass is 229 g/mol. The quantitative estimate of drug-likeness (QED) is 0.699. The summed E-state index contributed by atoms with van der Waals surface area (Å²) in [4.78, 5) is 0. The maximum Gasteiger partial charge on any atom is 0.282 e. The fourth-order valence-electron chi connectivity index (χ4n) is 1.39. The summed E-state index contributed by atoms with van der Waals surface area (Å²) in [7, 11) is 0. The molecule has 90 valence electrons. The molecule has 1 aromatic carbocycles. The van der Waals surface area contributed by atoms with E-state index in [2.05, 4.69) is 5.32 Å². The summed E-state index contributed by atoms with van der Waals surface area (Å²) >= 11 is 0. The summed E-state index contributed by atoms with van der Waals surface area (Å²) in [6, 6.07) is 9.90. The molecule has 16 heavy (non-hydrogen) atoms. The molecule has 4 heteroatoms. The fourth-order valence-corrected chi connectivity index (χ4v) is 1.39. The summed E-state index contributed by atoms with van der Waals surface area (Å²) < 4.78 is 25.2. The first-order valence-electron chi connectivity index (χ1n) is 5.37. The van der Waals surface area contributed by atoms with Gasteiger partial charge in [-0.25, -0.2) is 8.78 Å². The third-order valence-corrected chi connectivity index (χ3v) is 2.28. The van der Waals surface area contributed by atoms with Crippen molar-refractivity contribution in [2.45, 2.75) is 18.8 Å². The van der Waals surface area contributed by atoms with Crippen molar-refractivity contribution in [1.29, 1.82) is 0 Å². The zero-order valence-electron chi connectivity index (χ0n) is 9.13. The molecule has 0 bridgehead atoms. The highest BCUT2D eigenvalue weighted by molar-refractivity contribution is 5.14. The van der Waals surface area contributed by atoms with Crippen LogP contribution in [-0.4, -0.2) is 30.7 Å². The molecule has 0 amide bonds. The van der Waals surface area contributed by atoms with Crippen molar-refractivity contribution in [3.63, 3.8) is 0 Å². The van der Waals surface area contributed by atoms with Crippen molar-refractivity contribution in [2.75, 3.05) is 19.7 Å². The van der Waals surface area contributed by atoms with Gasteiger partial charge in [-0.05, 0) is 24.9 Å².